The number of nitrogens with zero attached hydrogens (tertiary/aromatic N) is 2. The number of morpholine rings is 1. The maximum atomic E-state index is 12.6. The molecule has 1 saturated heterocycles. The summed E-state index contributed by atoms with van der Waals surface area (Å²) in [6.45, 7) is 2.70. The van der Waals surface area contributed by atoms with Crippen molar-refractivity contribution in [2.45, 2.75) is 0 Å². The van der Waals surface area contributed by atoms with Gasteiger partial charge in [-0.25, -0.2) is 0 Å². The highest BCUT2D eigenvalue weighted by Gasteiger charge is 2.16. The van der Waals surface area contributed by atoms with Crippen LogP contribution in [-0.4, -0.2) is 56.6 Å². The van der Waals surface area contributed by atoms with E-state index in [-0.39, 0.29) is 18.4 Å². The normalized spacial score (nSPS) is 14.0. The standard InChI is InChI=1S/C20H23N3O3/c1-22(18-5-3-2-4-6-18)20(25)16-7-9-17(10-8-16)21-15-19(24)23-11-13-26-14-12-23/h2-10,21H,11-15H2,1H3. The number of anilines is 2. The van der Waals surface area contributed by atoms with Gasteiger partial charge in [0.05, 0.1) is 19.8 Å². The molecule has 136 valence electrons. The summed E-state index contributed by atoms with van der Waals surface area (Å²) in [4.78, 5) is 28.1. The van der Waals surface area contributed by atoms with Gasteiger partial charge in [-0.2, -0.15) is 0 Å². The summed E-state index contributed by atoms with van der Waals surface area (Å²) >= 11 is 0. The topological polar surface area (TPSA) is 61.9 Å². The molecule has 0 spiro atoms. The van der Waals surface area contributed by atoms with Gasteiger partial charge in [0.2, 0.25) is 5.91 Å². The van der Waals surface area contributed by atoms with Crippen LogP contribution in [0.1, 0.15) is 10.4 Å². The average Bonchev–Trinajstić information content (AvgIpc) is 2.72. The summed E-state index contributed by atoms with van der Waals surface area (Å²) in [5.74, 6) is -0.0237. The fraction of sp³-hybridized carbons (Fsp3) is 0.300. The molecule has 1 fully saturated rings. The monoisotopic (exact) mass is 353 g/mol. The fourth-order valence-corrected chi connectivity index (χ4v) is 2.80. The molecule has 0 atom stereocenters. The van der Waals surface area contributed by atoms with Crippen LogP contribution in [0.5, 0.6) is 0 Å². The third-order valence-corrected chi connectivity index (χ3v) is 4.39. The quantitative estimate of drug-likeness (QED) is 0.895. The minimum absolute atomic E-state index is 0.0530. The van der Waals surface area contributed by atoms with Crippen LogP contribution in [0.25, 0.3) is 0 Å². The molecule has 2 aromatic carbocycles. The van der Waals surface area contributed by atoms with Gasteiger partial charge in [-0.15, -0.1) is 0 Å². The third kappa shape index (κ3) is 4.40. The molecule has 0 unspecified atom stereocenters. The van der Waals surface area contributed by atoms with Gasteiger partial charge in [-0.05, 0) is 36.4 Å². The minimum atomic E-state index is -0.0767. The predicted molar refractivity (Wildman–Crippen MR) is 102 cm³/mol. The van der Waals surface area contributed by atoms with Crippen molar-refractivity contribution in [3.8, 4) is 0 Å². The highest BCUT2D eigenvalue weighted by atomic mass is 16.5. The zero-order valence-corrected chi connectivity index (χ0v) is 14.9. The van der Waals surface area contributed by atoms with E-state index in [0.29, 0.717) is 31.9 Å². The number of benzene rings is 2. The first-order chi connectivity index (χ1) is 12.6. The van der Waals surface area contributed by atoms with Gasteiger partial charge in [0.1, 0.15) is 0 Å². The summed E-state index contributed by atoms with van der Waals surface area (Å²) in [5.41, 5.74) is 2.25. The molecule has 0 saturated carbocycles. The maximum absolute atomic E-state index is 12.6. The number of para-hydroxylation sites is 1. The summed E-state index contributed by atoms with van der Waals surface area (Å²) in [7, 11) is 1.75. The Morgan fingerprint density at radius 3 is 2.35 bits per heavy atom. The lowest BCUT2D eigenvalue weighted by atomic mass is 10.1. The highest BCUT2D eigenvalue weighted by molar-refractivity contribution is 6.05. The van der Waals surface area contributed by atoms with Crippen LogP contribution in [0.4, 0.5) is 11.4 Å². The second-order valence-corrected chi connectivity index (χ2v) is 6.12. The summed E-state index contributed by atoms with van der Waals surface area (Å²) in [6, 6.07) is 16.7. The van der Waals surface area contributed by atoms with E-state index in [1.807, 2.05) is 42.5 Å². The van der Waals surface area contributed by atoms with Gasteiger partial charge in [0.25, 0.3) is 5.91 Å². The molecule has 3 rings (SSSR count). The number of rotatable bonds is 5. The molecular formula is C20H23N3O3. The molecule has 0 radical (unpaired) electrons. The van der Waals surface area contributed by atoms with E-state index < -0.39 is 0 Å². The van der Waals surface area contributed by atoms with Crippen LogP contribution >= 0.6 is 0 Å². The number of carbonyl (C=O) groups excluding carboxylic acids is 2. The van der Waals surface area contributed by atoms with E-state index in [4.69, 9.17) is 4.74 Å². The molecule has 1 aliphatic heterocycles. The Morgan fingerprint density at radius 1 is 1.04 bits per heavy atom. The van der Waals surface area contributed by atoms with Gasteiger partial charge in [0.15, 0.2) is 0 Å². The molecule has 1 N–H and O–H groups in total. The van der Waals surface area contributed by atoms with E-state index in [0.717, 1.165) is 11.4 Å². The van der Waals surface area contributed by atoms with Crippen molar-refractivity contribution in [3.63, 3.8) is 0 Å². The van der Waals surface area contributed by atoms with Crippen molar-refractivity contribution in [1.29, 1.82) is 0 Å². The highest BCUT2D eigenvalue weighted by Crippen LogP contribution is 2.16. The SMILES string of the molecule is CN(C(=O)c1ccc(NCC(=O)N2CCOCC2)cc1)c1ccccc1. The molecule has 26 heavy (non-hydrogen) atoms. The summed E-state index contributed by atoms with van der Waals surface area (Å²) in [5, 5.41) is 3.11. The Bertz CT molecular complexity index is 741. The van der Waals surface area contributed by atoms with Crippen molar-refractivity contribution >= 4 is 23.2 Å². The van der Waals surface area contributed by atoms with E-state index >= 15 is 0 Å². The largest absolute Gasteiger partial charge is 0.378 e. The van der Waals surface area contributed by atoms with Gasteiger partial charge < -0.3 is 19.9 Å². The molecule has 1 aliphatic rings. The molecule has 6 heteroatoms. The van der Waals surface area contributed by atoms with E-state index in [9.17, 15) is 9.59 Å². The van der Waals surface area contributed by atoms with Gasteiger partial charge >= 0.3 is 0 Å². The first-order valence-corrected chi connectivity index (χ1v) is 8.68. The van der Waals surface area contributed by atoms with Crippen molar-refractivity contribution in [1.82, 2.24) is 4.90 Å². The van der Waals surface area contributed by atoms with E-state index in [1.165, 1.54) is 0 Å². The van der Waals surface area contributed by atoms with Crippen molar-refractivity contribution in [2.75, 3.05) is 50.1 Å². The molecular weight excluding hydrogens is 330 g/mol. The third-order valence-electron chi connectivity index (χ3n) is 4.39. The van der Waals surface area contributed by atoms with Crippen LogP contribution < -0.4 is 10.2 Å². The lowest BCUT2D eigenvalue weighted by Crippen LogP contribution is -2.43. The molecule has 1 heterocycles. The zero-order chi connectivity index (χ0) is 18.4. The van der Waals surface area contributed by atoms with Crippen LogP contribution in [0.2, 0.25) is 0 Å². The molecule has 0 aliphatic carbocycles. The lowest BCUT2D eigenvalue weighted by Gasteiger charge is -2.27. The number of carbonyl (C=O) groups is 2. The Morgan fingerprint density at radius 2 is 1.69 bits per heavy atom. The Hall–Kier alpha value is -2.86. The Labute approximate surface area is 153 Å². The molecule has 2 amide bonds. The van der Waals surface area contributed by atoms with Gasteiger partial charge in [-0.3, -0.25) is 9.59 Å². The lowest BCUT2D eigenvalue weighted by molar-refractivity contribution is -0.133. The fourth-order valence-electron chi connectivity index (χ4n) is 2.80. The van der Waals surface area contributed by atoms with Gasteiger partial charge in [-0.1, -0.05) is 18.2 Å². The zero-order valence-electron chi connectivity index (χ0n) is 14.9. The molecule has 0 aromatic heterocycles. The second-order valence-electron chi connectivity index (χ2n) is 6.12. The van der Waals surface area contributed by atoms with E-state index in [1.54, 1.807) is 29.0 Å². The van der Waals surface area contributed by atoms with Crippen LogP contribution in [0, 0.1) is 0 Å². The van der Waals surface area contributed by atoms with E-state index in [2.05, 4.69) is 5.32 Å². The number of ether oxygens (including phenoxy) is 1. The summed E-state index contributed by atoms with van der Waals surface area (Å²) in [6.07, 6.45) is 0. The average molecular weight is 353 g/mol. The number of hydrogen-bond acceptors (Lipinski definition) is 4. The summed E-state index contributed by atoms with van der Waals surface area (Å²) < 4.78 is 5.25. The Kier molecular flexibility index (Phi) is 5.86. The maximum Gasteiger partial charge on any atom is 0.258 e. The van der Waals surface area contributed by atoms with Crippen LogP contribution in [-0.2, 0) is 9.53 Å². The number of nitrogens with one attached hydrogen (secondary N) is 1. The smallest absolute Gasteiger partial charge is 0.258 e. The molecule has 6 nitrogen and oxygen atoms in total. The van der Waals surface area contributed by atoms with Crippen molar-refractivity contribution in [3.05, 3.63) is 60.2 Å². The minimum Gasteiger partial charge on any atom is -0.378 e. The number of amides is 2. The van der Waals surface area contributed by atoms with Crippen LogP contribution in [0.3, 0.4) is 0 Å². The van der Waals surface area contributed by atoms with Gasteiger partial charge in [0, 0.05) is 37.1 Å². The first kappa shape index (κ1) is 17.9. The van der Waals surface area contributed by atoms with Crippen molar-refractivity contribution in [2.24, 2.45) is 0 Å². The molecule has 2 aromatic rings. The predicted octanol–water partition coefficient (Wildman–Crippen LogP) is 2.23. The van der Waals surface area contributed by atoms with Crippen LogP contribution in [0.15, 0.2) is 54.6 Å². The first-order valence-electron chi connectivity index (χ1n) is 8.68. The number of hydrogen-bond donors (Lipinski definition) is 1. The van der Waals surface area contributed by atoms with Crippen molar-refractivity contribution < 1.29 is 14.3 Å². The Balaban J connectivity index is 1.56. The molecule has 0 bridgehead atoms. The second kappa shape index (κ2) is 8.49.